The van der Waals surface area contributed by atoms with Crippen LogP contribution in [0.1, 0.15) is 18.3 Å². The first-order valence-corrected chi connectivity index (χ1v) is 11.9. The molecule has 0 saturated carbocycles. The molecule has 1 nitrogen and oxygen atoms in total. The van der Waals surface area contributed by atoms with E-state index in [0.29, 0.717) is 6.61 Å². The summed E-state index contributed by atoms with van der Waals surface area (Å²) < 4.78 is 6.61. The molecule has 0 aliphatic carbocycles. The van der Waals surface area contributed by atoms with E-state index in [-0.39, 0.29) is 22.8 Å². The summed E-state index contributed by atoms with van der Waals surface area (Å²) in [6.45, 7) is 2.75. The fourth-order valence-electron chi connectivity index (χ4n) is 4.05. The maximum Gasteiger partial charge on any atom is 0.206 e. The Morgan fingerprint density at radius 2 is 0.900 bits per heavy atom. The van der Waals surface area contributed by atoms with Crippen molar-refractivity contribution in [2.75, 3.05) is 6.61 Å². The molecule has 0 radical (unpaired) electrons. The van der Waals surface area contributed by atoms with Crippen molar-refractivity contribution < 1.29 is 21.7 Å². The molecular weight excluding hydrogens is 451 g/mol. The van der Waals surface area contributed by atoms with Gasteiger partial charge in [0.2, 0.25) is 5.85 Å². The fraction of sp³-hybridized carbons (Fsp3) is 0.111. The van der Waals surface area contributed by atoms with Gasteiger partial charge in [0.1, 0.15) is 23.2 Å². The highest BCUT2D eigenvalue weighted by atomic mass is 79.9. The molecule has 0 bridgehead atoms. The molecule has 4 aromatic rings. The minimum absolute atomic E-state index is 0. The van der Waals surface area contributed by atoms with Gasteiger partial charge in [-0.1, -0.05) is 84.9 Å². The maximum atomic E-state index is 6.61. The smallest absolute Gasteiger partial charge is 0.206 e. The minimum Gasteiger partial charge on any atom is -1.00 e. The van der Waals surface area contributed by atoms with Crippen LogP contribution in [0.25, 0.3) is 0 Å². The molecule has 1 atom stereocenters. The number of halogens is 1. The summed E-state index contributed by atoms with van der Waals surface area (Å²) in [6, 6.07) is 43.4. The van der Waals surface area contributed by atoms with Gasteiger partial charge < -0.3 is 21.7 Å². The Labute approximate surface area is 190 Å². The number of hydrogen-bond donors (Lipinski definition) is 0. The van der Waals surface area contributed by atoms with Crippen LogP contribution >= 0.6 is 7.26 Å². The number of rotatable bonds is 7. The maximum absolute atomic E-state index is 6.61. The van der Waals surface area contributed by atoms with E-state index in [2.05, 4.69) is 128 Å². The average molecular weight is 477 g/mol. The lowest BCUT2D eigenvalue weighted by atomic mass is 10.2. The Hall–Kier alpha value is -2.25. The molecule has 1 unspecified atom stereocenters. The zero-order valence-electron chi connectivity index (χ0n) is 17.1. The lowest BCUT2D eigenvalue weighted by Gasteiger charge is -2.34. The quantitative estimate of drug-likeness (QED) is 0.372. The SMILES string of the molecule is CCOC(c1ccccc1)[P+](c1ccccc1)(c1ccccc1)c1ccccc1.[Br-]. The molecule has 0 heterocycles. The first kappa shape index (κ1) is 22.4. The Bertz CT molecular complexity index is 911. The van der Waals surface area contributed by atoms with E-state index in [1.54, 1.807) is 0 Å². The van der Waals surface area contributed by atoms with E-state index < -0.39 is 7.26 Å². The second-order valence-corrected chi connectivity index (χ2v) is 10.4. The van der Waals surface area contributed by atoms with Crippen LogP contribution in [0.5, 0.6) is 0 Å². The Kier molecular flexibility index (Phi) is 7.99. The summed E-state index contributed by atoms with van der Waals surface area (Å²) in [5.41, 5.74) is 1.22. The van der Waals surface area contributed by atoms with Crippen molar-refractivity contribution in [3.8, 4) is 0 Å². The molecule has 0 fully saturated rings. The van der Waals surface area contributed by atoms with E-state index in [1.807, 2.05) is 0 Å². The van der Waals surface area contributed by atoms with E-state index in [0.717, 1.165) is 0 Å². The normalized spacial score (nSPS) is 12.0. The number of ether oxygens (including phenoxy) is 1. The molecule has 0 N–H and O–H groups in total. The topological polar surface area (TPSA) is 9.23 Å². The summed E-state index contributed by atoms with van der Waals surface area (Å²) in [5, 5.41) is 4.00. The molecule has 4 aromatic carbocycles. The van der Waals surface area contributed by atoms with Crippen LogP contribution in [0.3, 0.4) is 0 Å². The van der Waals surface area contributed by atoms with Gasteiger partial charge in [0, 0.05) is 12.2 Å². The van der Waals surface area contributed by atoms with Crippen LogP contribution in [0.2, 0.25) is 0 Å². The highest BCUT2D eigenvalue weighted by molar-refractivity contribution is 7.95. The van der Waals surface area contributed by atoms with Gasteiger partial charge in [0.15, 0.2) is 0 Å². The fourth-order valence-corrected chi connectivity index (χ4v) is 8.68. The predicted molar refractivity (Wildman–Crippen MR) is 126 cm³/mol. The monoisotopic (exact) mass is 476 g/mol. The minimum atomic E-state index is -2.12. The van der Waals surface area contributed by atoms with Crippen LogP contribution in [0.15, 0.2) is 121 Å². The van der Waals surface area contributed by atoms with Crippen molar-refractivity contribution in [2.24, 2.45) is 0 Å². The lowest BCUT2D eigenvalue weighted by Crippen LogP contribution is -3.00. The third kappa shape index (κ3) is 4.27. The van der Waals surface area contributed by atoms with Crippen LogP contribution in [-0.4, -0.2) is 6.61 Å². The summed E-state index contributed by atoms with van der Waals surface area (Å²) in [4.78, 5) is 0. The Balaban J connectivity index is 0.00000256. The standard InChI is InChI=1S/C27H26OP.BrH/c1-2-28-27(23-15-7-3-8-16-23)29(24-17-9-4-10-18-24,25-19-11-5-12-20-25)26-21-13-6-14-22-26;/h3-22,27H,2H2,1H3;1H/q+1;/p-1. The van der Waals surface area contributed by atoms with Crippen molar-refractivity contribution in [2.45, 2.75) is 12.8 Å². The molecule has 0 saturated heterocycles. The van der Waals surface area contributed by atoms with E-state index in [4.69, 9.17) is 4.74 Å². The van der Waals surface area contributed by atoms with E-state index >= 15 is 0 Å². The highest BCUT2D eigenvalue weighted by Gasteiger charge is 2.54. The van der Waals surface area contributed by atoms with Crippen LogP contribution in [0.4, 0.5) is 0 Å². The van der Waals surface area contributed by atoms with Gasteiger partial charge in [0.05, 0.1) is 0 Å². The van der Waals surface area contributed by atoms with E-state index in [9.17, 15) is 0 Å². The summed E-state index contributed by atoms with van der Waals surface area (Å²) in [5.74, 6) is -0.0547. The lowest BCUT2D eigenvalue weighted by molar-refractivity contribution is -0.00000642. The number of hydrogen-bond acceptors (Lipinski definition) is 1. The van der Waals surface area contributed by atoms with Gasteiger partial charge in [0.25, 0.3) is 0 Å². The summed E-state index contributed by atoms with van der Waals surface area (Å²) in [7, 11) is -2.12. The highest BCUT2D eigenvalue weighted by Crippen LogP contribution is 2.67. The molecule has 3 heteroatoms. The van der Waals surface area contributed by atoms with Gasteiger partial charge in [-0.05, 0) is 43.3 Å². The van der Waals surface area contributed by atoms with Gasteiger partial charge in [-0.3, -0.25) is 0 Å². The average Bonchev–Trinajstić information content (AvgIpc) is 2.82. The van der Waals surface area contributed by atoms with E-state index in [1.165, 1.54) is 21.5 Å². The third-order valence-corrected chi connectivity index (χ3v) is 9.74. The van der Waals surface area contributed by atoms with Crippen LogP contribution in [-0.2, 0) is 4.74 Å². The molecule has 152 valence electrons. The molecule has 0 aromatic heterocycles. The van der Waals surface area contributed by atoms with Crippen molar-refractivity contribution in [3.63, 3.8) is 0 Å². The first-order valence-electron chi connectivity index (χ1n) is 10.1. The first-order chi connectivity index (χ1) is 14.4. The van der Waals surface area contributed by atoms with Crippen molar-refractivity contribution >= 4 is 23.2 Å². The molecule has 0 aliphatic rings. The summed E-state index contributed by atoms with van der Waals surface area (Å²) in [6.07, 6.45) is 0. The van der Waals surface area contributed by atoms with Gasteiger partial charge in [-0.15, -0.1) is 0 Å². The van der Waals surface area contributed by atoms with Crippen LogP contribution in [0, 0.1) is 0 Å². The second-order valence-electron chi connectivity index (χ2n) is 6.95. The zero-order chi connectivity index (χ0) is 19.9. The van der Waals surface area contributed by atoms with Crippen molar-refractivity contribution in [1.82, 2.24) is 0 Å². The molecule has 0 aliphatic heterocycles. The third-order valence-electron chi connectivity index (χ3n) is 5.25. The second kappa shape index (κ2) is 10.7. The van der Waals surface area contributed by atoms with Crippen molar-refractivity contribution in [3.05, 3.63) is 127 Å². The zero-order valence-corrected chi connectivity index (χ0v) is 19.5. The molecule has 30 heavy (non-hydrogen) atoms. The Morgan fingerprint density at radius 3 is 1.23 bits per heavy atom. The molecular formula is C27H26BrOP. The molecule has 0 amide bonds. The largest absolute Gasteiger partial charge is 1.00 e. The number of benzene rings is 4. The van der Waals surface area contributed by atoms with Gasteiger partial charge in [-0.25, -0.2) is 0 Å². The van der Waals surface area contributed by atoms with Crippen LogP contribution < -0.4 is 32.9 Å². The molecule has 4 rings (SSSR count). The van der Waals surface area contributed by atoms with Gasteiger partial charge >= 0.3 is 0 Å². The molecule has 0 spiro atoms. The van der Waals surface area contributed by atoms with Crippen molar-refractivity contribution in [1.29, 1.82) is 0 Å². The van der Waals surface area contributed by atoms with Gasteiger partial charge in [-0.2, -0.15) is 0 Å². The predicted octanol–water partition coefficient (Wildman–Crippen LogP) is 2.72. The Morgan fingerprint density at radius 1 is 0.567 bits per heavy atom. The summed E-state index contributed by atoms with van der Waals surface area (Å²) >= 11 is 0.